The summed E-state index contributed by atoms with van der Waals surface area (Å²) in [6.45, 7) is 0. The summed E-state index contributed by atoms with van der Waals surface area (Å²) in [7, 11) is 0. The molecule has 0 aliphatic rings. The molecular weight excluding hydrogens is 190 g/mol. The third-order valence-corrected chi connectivity index (χ3v) is 2.32. The van der Waals surface area contributed by atoms with Gasteiger partial charge in [0.05, 0.1) is 23.4 Å². The van der Waals surface area contributed by atoms with Crippen LogP contribution in [0.2, 0.25) is 0 Å². The fourth-order valence-corrected chi connectivity index (χ4v) is 1.64. The predicted molar refractivity (Wildman–Crippen MR) is 57.7 cm³/mol. The number of nitrogens with one attached hydrogen (secondary N) is 1. The lowest BCUT2D eigenvalue weighted by Crippen LogP contribution is -2.05. The second kappa shape index (κ2) is 2.88. The van der Waals surface area contributed by atoms with Gasteiger partial charge in [0.15, 0.2) is 0 Å². The Morgan fingerprint density at radius 1 is 1.00 bits per heavy atom. The molecule has 0 unspecified atom stereocenters. The Balaban J connectivity index is 2.63. The zero-order valence-electron chi connectivity index (χ0n) is 7.77. The lowest BCUT2D eigenvalue weighted by molar-refractivity contribution is 1.21. The predicted octanol–water partition coefficient (Wildman–Crippen LogP) is 1.47. The molecule has 0 aliphatic heterocycles. The van der Waals surface area contributed by atoms with Gasteiger partial charge in [-0.25, -0.2) is 4.98 Å². The average molecular weight is 197 g/mol. The fraction of sp³-hybridized carbons (Fsp3) is 0. The van der Waals surface area contributed by atoms with Gasteiger partial charge < -0.3 is 4.98 Å². The summed E-state index contributed by atoms with van der Waals surface area (Å²) in [4.78, 5) is 22.2. The molecule has 1 N–H and O–H groups in total. The first-order valence-electron chi connectivity index (χ1n) is 4.57. The molecule has 0 atom stereocenters. The van der Waals surface area contributed by atoms with Crippen LogP contribution in [-0.2, 0) is 0 Å². The van der Waals surface area contributed by atoms with Crippen LogP contribution in [-0.4, -0.2) is 15.0 Å². The van der Waals surface area contributed by atoms with E-state index in [0.717, 1.165) is 16.4 Å². The highest BCUT2D eigenvalue weighted by Gasteiger charge is 2.01. The molecule has 1 aromatic carbocycles. The van der Waals surface area contributed by atoms with Crippen LogP contribution in [0.1, 0.15) is 0 Å². The largest absolute Gasteiger partial charge is 0.319 e. The molecule has 2 heterocycles. The zero-order valence-corrected chi connectivity index (χ0v) is 7.77. The molecule has 0 saturated carbocycles. The van der Waals surface area contributed by atoms with Crippen LogP contribution < -0.4 is 5.56 Å². The van der Waals surface area contributed by atoms with Crippen LogP contribution in [0.3, 0.4) is 0 Å². The van der Waals surface area contributed by atoms with Gasteiger partial charge in [-0.2, -0.15) is 0 Å². The van der Waals surface area contributed by atoms with Crippen molar-refractivity contribution in [3.05, 3.63) is 47.0 Å². The summed E-state index contributed by atoms with van der Waals surface area (Å²) in [5.74, 6) is 0. The van der Waals surface area contributed by atoms with Crippen LogP contribution >= 0.6 is 0 Å². The van der Waals surface area contributed by atoms with Crippen molar-refractivity contribution in [2.75, 3.05) is 0 Å². The molecule has 0 bridgehead atoms. The standard InChI is InChI=1S/C11H7N3O/c15-10-6-13-9-5-12-8-4-2-1-3-7(8)11(9)14-10/h1-6H,(H,14,15). The summed E-state index contributed by atoms with van der Waals surface area (Å²) in [5, 5.41) is 0.917. The third-order valence-electron chi connectivity index (χ3n) is 2.32. The number of H-pyrrole nitrogens is 1. The number of rotatable bonds is 0. The Bertz CT molecular complexity index is 703. The quantitative estimate of drug-likeness (QED) is 0.555. The first kappa shape index (κ1) is 8.11. The van der Waals surface area contributed by atoms with Gasteiger partial charge in [-0.1, -0.05) is 18.2 Å². The van der Waals surface area contributed by atoms with Gasteiger partial charge in [-0.15, -0.1) is 0 Å². The second-order valence-electron chi connectivity index (χ2n) is 3.28. The first-order valence-corrected chi connectivity index (χ1v) is 4.57. The summed E-state index contributed by atoms with van der Waals surface area (Å²) < 4.78 is 0. The average Bonchev–Trinajstić information content (AvgIpc) is 2.29. The number of pyridine rings is 1. The second-order valence-corrected chi connectivity index (χ2v) is 3.28. The monoisotopic (exact) mass is 197 g/mol. The van der Waals surface area contributed by atoms with Crippen LogP contribution in [0.15, 0.2) is 41.5 Å². The van der Waals surface area contributed by atoms with Gasteiger partial charge in [0.25, 0.3) is 5.56 Å². The van der Waals surface area contributed by atoms with Crippen LogP contribution in [0.5, 0.6) is 0 Å². The van der Waals surface area contributed by atoms with E-state index in [-0.39, 0.29) is 5.56 Å². The zero-order chi connectivity index (χ0) is 10.3. The number of aromatic amines is 1. The number of fused-ring (bicyclic) bond motifs is 3. The molecule has 2 aromatic heterocycles. The Kier molecular flexibility index (Phi) is 1.56. The molecular formula is C11H7N3O. The number of aromatic nitrogens is 3. The first-order chi connectivity index (χ1) is 7.34. The fourth-order valence-electron chi connectivity index (χ4n) is 1.64. The highest BCUT2D eigenvalue weighted by Crippen LogP contribution is 2.18. The third kappa shape index (κ3) is 1.19. The van der Waals surface area contributed by atoms with E-state index in [1.807, 2.05) is 24.3 Å². The molecule has 0 spiro atoms. The van der Waals surface area contributed by atoms with Crippen molar-refractivity contribution in [3.8, 4) is 0 Å². The molecule has 0 saturated heterocycles. The Hall–Kier alpha value is -2.23. The smallest absolute Gasteiger partial charge is 0.266 e. The van der Waals surface area contributed by atoms with Gasteiger partial charge in [-0.05, 0) is 6.07 Å². The molecule has 4 nitrogen and oxygen atoms in total. The van der Waals surface area contributed by atoms with E-state index in [4.69, 9.17) is 0 Å². The summed E-state index contributed by atoms with van der Waals surface area (Å²) in [5.41, 5.74) is 2.11. The van der Waals surface area contributed by atoms with Crippen molar-refractivity contribution in [3.63, 3.8) is 0 Å². The molecule has 4 heteroatoms. The Morgan fingerprint density at radius 3 is 2.73 bits per heavy atom. The Labute approximate surface area is 84.6 Å². The van der Waals surface area contributed by atoms with Crippen molar-refractivity contribution in [1.82, 2.24) is 15.0 Å². The van der Waals surface area contributed by atoms with E-state index < -0.39 is 0 Å². The maximum absolute atomic E-state index is 11.2. The lowest BCUT2D eigenvalue weighted by atomic mass is 10.2. The van der Waals surface area contributed by atoms with Crippen molar-refractivity contribution in [2.24, 2.45) is 0 Å². The molecule has 3 rings (SSSR count). The highest BCUT2D eigenvalue weighted by molar-refractivity contribution is 6.00. The van der Waals surface area contributed by atoms with E-state index in [0.29, 0.717) is 5.52 Å². The van der Waals surface area contributed by atoms with E-state index in [2.05, 4.69) is 15.0 Å². The summed E-state index contributed by atoms with van der Waals surface area (Å²) in [6, 6.07) is 7.65. The van der Waals surface area contributed by atoms with E-state index in [1.165, 1.54) is 6.20 Å². The van der Waals surface area contributed by atoms with E-state index in [1.54, 1.807) is 6.20 Å². The topological polar surface area (TPSA) is 58.6 Å². The van der Waals surface area contributed by atoms with Crippen molar-refractivity contribution in [1.29, 1.82) is 0 Å². The number of hydrogen-bond donors (Lipinski definition) is 1. The van der Waals surface area contributed by atoms with Crippen molar-refractivity contribution >= 4 is 21.9 Å². The normalized spacial score (nSPS) is 10.9. The molecule has 0 fully saturated rings. The van der Waals surface area contributed by atoms with Crippen molar-refractivity contribution < 1.29 is 0 Å². The van der Waals surface area contributed by atoms with Crippen LogP contribution in [0.25, 0.3) is 21.9 Å². The molecule has 3 aromatic rings. The minimum Gasteiger partial charge on any atom is -0.319 e. The van der Waals surface area contributed by atoms with Crippen molar-refractivity contribution in [2.45, 2.75) is 0 Å². The van der Waals surface area contributed by atoms with E-state index in [9.17, 15) is 4.79 Å². The van der Waals surface area contributed by atoms with Crippen LogP contribution in [0, 0.1) is 0 Å². The van der Waals surface area contributed by atoms with Gasteiger partial charge in [0.1, 0.15) is 5.52 Å². The SMILES string of the molecule is O=c1cnc2cnc3ccccc3c2[nH]1. The van der Waals surface area contributed by atoms with Gasteiger partial charge in [-0.3, -0.25) is 9.78 Å². The summed E-state index contributed by atoms with van der Waals surface area (Å²) >= 11 is 0. The maximum atomic E-state index is 11.2. The molecule has 15 heavy (non-hydrogen) atoms. The number of hydrogen-bond acceptors (Lipinski definition) is 3. The number of para-hydroxylation sites is 1. The molecule has 0 amide bonds. The lowest BCUT2D eigenvalue weighted by Gasteiger charge is -2.00. The minimum absolute atomic E-state index is 0.196. The van der Waals surface area contributed by atoms with Gasteiger partial charge >= 0.3 is 0 Å². The molecule has 0 radical (unpaired) electrons. The highest BCUT2D eigenvalue weighted by atomic mass is 16.1. The Morgan fingerprint density at radius 2 is 1.80 bits per heavy atom. The molecule has 72 valence electrons. The maximum Gasteiger partial charge on any atom is 0.266 e. The summed E-state index contributed by atoms with van der Waals surface area (Å²) in [6.07, 6.45) is 2.92. The number of nitrogens with zero attached hydrogens (tertiary/aromatic N) is 2. The minimum atomic E-state index is -0.196. The van der Waals surface area contributed by atoms with Gasteiger partial charge in [0, 0.05) is 5.39 Å². The van der Waals surface area contributed by atoms with Crippen LogP contribution in [0.4, 0.5) is 0 Å². The van der Waals surface area contributed by atoms with Gasteiger partial charge in [0.2, 0.25) is 0 Å². The number of benzene rings is 1. The van der Waals surface area contributed by atoms with E-state index >= 15 is 0 Å². The molecule has 0 aliphatic carbocycles.